The van der Waals surface area contributed by atoms with Gasteiger partial charge in [-0.05, 0) is 75.8 Å². The fourth-order valence-corrected chi connectivity index (χ4v) is 7.70. The quantitative estimate of drug-likeness (QED) is 0.180. The third-order valence-corrected chi connectivity index (χ3v) is 10.3. The van der Waals surface area contributed by atoms with E-state index in [-0.39, 0.29) is 29.7 Å². The molecule has 0 aliphatic carbocycles. The lowest BCUT2D eigenvalue weighted by molar-refractivity contribution is 0.669. The maximum atomic E-state index is 8.48. The van der Waals surface area contributed by atoms with Gasteiger partial charge in [0.15, 0.2) is 0 Å². The molecule has 0 fully saturated rings. The van der Waals surface area contributed by atoms with E-state index >= 15 is 0 Å². The summed E-state index contributed by atoms with van der Waals surface area (Å²) in [5, 5.41) is 5.26. The molecule has 3 aromatic heterocycles. The minimum absolute atomic E-state index is 0.164. The minimum Gasteiger partial charge on any atom is -0.456 e. The summed E-state index contributed by atoms with van der Waals surface area (Å²) in [7, 11) is 0. The molecule has 0 N–H and O–H groups in total. The number of rotatable bonds is 5. The molecule has 252 valence electrons. The molecule has 0 spiro atoms. The molecule has 0 amide bonds. The number of para-hydroxylation sites is 3. The smallest absolute Gasteiger partial charge is 0.235 e. The van der Waals surface area contributed by atoms with Crippen LogP contribution in [0.15, 0.2) is 192 Å². The molecule has 0 radical (unpaired) electrons. The van der Waals surface area contributed by atoms with Crippen LogP contribution in [0.5, 0.6) is 0 Å². The molecule has 4 heteroatoms. The second-order valence-corrected chi connectivity index (χ2v) is 13.4. The highest BCUT2D eigenvalue weighted by molar-refractivity contribution is 6.10. The normalized spacial score (nSPS) is 13.0. The van der Waals surface area contributed by atoms with Crippen molar-refractivity contribution < 1.29 is 11.3 Å². The molecule has 3 heterocycles. The Morgan fingerprint density at radius 3 is 1.74 bits per heavy atom. The van der Waals surface area contributed by atoms with Crippen molar-refractivity contribution >= 4 is 54.6 Å². The van der Waals surface area contributed by atoms with Gasteiger partial charge in [0, 0.05) is 32.5 Å². The van der Waals surface area contributed by atoms with Crippen LogP contribution in [0.2, 0.25) is 0 Å². The molecule has 0 saturated carbocycles. The zero-order chi connectivity index (χ0) is 39.9. The van der Waals surface area contributed by atoms with Crippen molar-refractivity contribution in [3.8, 4) is 50.6 Å². The van der Waals surface area contributed by atoms with Crippen LogP contribution in [0.25, 0.3) is 105 Å². The Hall–Kier alpha value is -7.30. The van der Waals surface area contributed by atoms with E-state index in [9.17, 15) is 0 Å². The first kappa shape index (κ1) is 25.6. The van der Waals surface area contributed by atoms with E-state index in [1.165, 1.54) is 0 Å². The first-order chi connectivity index (χ1) is 28.8. The second-order valence-electron chi connectivity index (χ2n) is 13.4. The first-order valence-corrected chi connectivity index (χ1v) is 17.8. The molecule has 0 unspecified atom stereocenters. The molecular weight excluding hydrogens is 659 g/mol. The number of furan rings is 1. The Labute approximate surface area is 318 Å². The van der Waals surface area contributed by atoms with Gasteiger partial charge >= 0.3 is 0 Å². The van der Waals surface area contributed by atoms with Gasteiger partial charge in [-0.15, -0.1) is 0 Å². The fraction of sp³-hybridized carbons (Fsp3) is 0. The summed E-state index contributed by atoms with van der Waals surface area (Å²) in [4.78, 5) is 10.3. The van der Waals surface area contributed by atoms with Crippen molar-refractivity contribution in [1.82, 2.24) is 14.5 Å². The van der Waals surface area contributed by atoms with Crippen LogP contribution in [-0.4, -0.2) is 14.5 Å². The van der Waals surface area contributed by atoms with Gasteiger partial charge in [-0.25, -0.2) is 9.97 Å². The molecular formula is C50H31N3O. The highest BCUT2D eigenvalue weighted by Gasteiger charge is 2.18. The number of hydrogen-bond donors (Lipinski definition) is 0. The lowest BCUT2D eigenvalue weighted by Gasteiger charge is -2.12. The van der Waals surface area contributed by atoms with E-state index in [4.69, 9.17) is 21.2 Å². The van der Waals surface area contributed by atoms with Crippen LogP contribution in [0.1, 0.15) is 6.85 Å². The van der Waals surface area contributed by atoms with Crippen LogP contribution in [0.4, 0.5) is 0 Å². The van der Waals surface area contributed by atoms with Crippen molar-refractivity contribution in [2.45, 2.75) is 0 Å². The molecule has 0 aliphatic heterocycles. The molecule has 54 heavy (non-hydrogen) atoms. The zero-order valence-corrected chi connectivity index (χ0v) is 28.8. The summed E-state index contributed by atoms with van der Waals surface area (Å²) >= 11 is 0. The third kappa shape index (κ3) is 4.92. The average molecular weight is 695 g/mol. The van der Waals surface area contributed by atoms with E-state index in [1.807, 2.05) is 60.7 Å². The van der Waals surface area contributed by atoms with Gasteiger partial charge in [-0.3, -0.25) is 4.57 Å². The van der Waals surface area contributed by atoms with Crippen LogP contribution in [0, 0.1) is 0 Å². The third-order valence-electron chi connectivity index (χ3n) is 10.3. The van der Waals surface area contributed by atoms with E-state index in [2.05, 4.69) is 89.5 Å². The summed E-state index contributed by atoms with van der Waals surface area (Å²) in [6.07, 6.45) is 0. The van der Waals surface area contributed by atoms with E-state index in [0.29, 0.717) is 11.5 Å². The van der Waals surface area contributed by atoms with Gasteiger partial charge in [-0.1, -0.05) is 145 Å². The highest BCUT2D eigenvalue weighted by Crippen LogP contribution is 2.37. The Morgan fingerprint density at radius 1 is 0.407 bits per heavy atom. The van der Waals surface area contributed by atoms with E-state index < -0.39 is 6.04 Å². The van der Waals surface area contributed by atoms with Crippen molar-refractivity contribution in [1.29, 1.82) is 0 Å². The number of nitrogens with zero attached hydrogens (tertiary/aromatic N) is 3. The molecule has 11 aromatic rings. The highest BCUT2D eigenvalue weighted by atomic mass is 16.3. The van der Waals surface area contributed by atoms with Gasteiger partial charge in [0.25, 0.3) is 0 Å². The average Bonchev–Trinajstić information content (AvgIpc) is 3.83. The topological polar surface area (TPSA) is 43.9 Å². The largest absolute Gasteiger partial charge is 0.456 e. The van der Waals surface area contributed by atoms with Crippen LogP contribution in [0.3, 0.4) is 0 Å². The standard InChI is InChI=1S/C50H31N3O/c1-2-10-32(11-3-1)33-22-24-36(25-23-33)49-41-14-4-7-15-44(41)51-50(52-49)53-45-16-8-5-12-39(45)42-30-37(26-28-46(42)53)34-18-20-35(21-19-34)38-27-29-48-43(31-38)40-13-6-9-17-47(40)54-48/h1-31H/i1D,2D,3D,10D,11D. The lowest BCUT2D eigenvalue weighted by atomic mass is 9.98. The maximum Gasteiger partial charge on any atom is 0.235 e. The first-order valence-electron chi connectivity index (χ1n) is 20.3. The number of fused-ring (bicyclic) bond motifs is 7. The van der Waals surface area contributed by atoms with Crippen molar-refractivity contribution in [2.75, 3.05) is 0 Å². The van der Waals surface area contributed by atoms with Crippen LogP contribution < -0.4 is 0 Å². The predicted molar refractivity (Wildman–Crippen MR) is 223 cm³/mol. The number of benzene rings is 8. The van der Waals surface area contributed by atoms with Crippen LogP contribution in [-0.2, 0) is 0 Å². The molecule has 0 bridgehead atoms. The summed E-state index contributed by atoms with van der Waals surface area (Å²) in [6.45, 7) is 0. The van der Waals surface area contributed by atoms with Gasteiger partial charge in [0.2, 0.25) is 5.95 Å². The van der Waals surface area contributed by atoms with Gasteiger partial charge < -0.3 is 4.42 Å². The van der Waals surface area contributed by atoms with Crippen molar-refractivity contribution in [2.24, 2.45) is 0 Å². The monoisotopic (exact) mass is 694 g/mol. The molecule has 0 aliphatic rings. The summed E-state index contributed by atoms with van der Waals surface area (Å²) in [5.41, 5.74) is 11.2. The number of hydrogen-bond acceptors (Lipinski definition) is 3. The fourth-order valence-electron chi connectivity index (χ4n) is 7.70. The van der Waals surface area contributed by atoms with Crippen molar-refractivity contribution in [3.63, 3.8) is 0 Å². The summed E-state index contributed by atoms with van der Waals surface area (Å²) < 4.78 is 49.5. The summed E-state index contributed by atoms with van der Waals surface area (Å²) in [5.74, 6) is 0.527. The second kappa shape index (κ2) is 12.1. The number of aromatic nitrogens is 3. The Bertz CT molecular complexity index is 3470. The SMILES string of the molecule is [2H]c1c([2H])c([2H])c(-c2ccc(-c3nc(-n4c5ccccc5c5cc(-c6ccc(-c7ccc8oc9ccccc9c8c7)cc6)ccc54)nc4ccccc34)cc2)c([2H])c1[2H]. The maximum absolute atomic E-state index is 8.48. The van der Waals surface area contributed by atoms with Gasteiger partial charge in [0.1, 0.15) is 11.2 Å². The Kier molecular flexibility index (Phi) is 5.76. The molecule has 8 aromatic carbocycles. The molecule has 0 saturated heterocycles. The van der Waals surface area contributed by atoms with Gasteiger partial charge in [0.05, 0.1) is 29.1 Å². The van der Waals surface area contributed by atoms with Gasteiger partial charge in [-0.2, -0.15) is 0 Å². The molecule has 11 rings (SSSR count). The van der Waals surface area contributed by atoms with Crippen molar-refractivity contribution in [3.05, 3.63) is 188 Å². The minimum atomic E-state index is -0.412. The zero-order valence-electron chi connectivity index (χ0n) is 33.8. The Morgan fingerprint density at radius 2 is 0.963 bits per heavy atom. The molecule has 0 atom stereocenters. The summed E-state index contributed by atoms with van der Waals surface area (Å²) in [6, 6.07) is 51.7. The Balaban J connectivity index is 0.995. The van der Waals surface area contributed by atoms with E-state index in [0.717, 1.165) is 88.2 Å². The van der Waals surface area contributed by atoms with Crippen LogP contribution >= 0.6 is 0 Å². The molecule has 4 nitrogen and oxygen atoms in total. The predicted octanol–water partition coefficient (Wildman–Crippen LogP) is 13.3. The van der Waals surface area contributed by atoms with E-state index in [1.54, 1.807) is 12.1 Å². The lowest BCUT2D eigenvalue weighted by Crippen LogP contribution is -2.03.